The minimum atomic E-state index is 0.604. The van der Waals surface area contributed by atoms with Crippen LogP contribution in [0.4, 0.5) is 5.69 Å². The van der Waals surface area contributed by atoms with Crippen LogP contribution in [0.3, 0.4) is 0 Å². The first kappa shape index (κ1) is 15.5. The summed E-state index contributed by atoms with van der Waals surface area (Å²) < 4.78 is 11.3. The fraction of sp³-hybridized carbons (Fsp3) is 0.357. The van der Waals surface area contributed by atoms with E-state index in [2.05, 4.69) is 26.2 Å². The second-order valence-electron chi connectivity index (χ2n) is 4.17. The second kappa shape index (κ2) is 7.78. The van der Waals surface area contributed by atoms with E-state index in [1.54, 1.807) is 13.3 Å². The first-order chi connectivity index (χ1) is 9.72. The Balaban J connectivity index is 2.03. The molecule has 0 saturated heterocycles. The van der Waals surface area contributed by atoms with E-state index in [0.29, 0.717) is 31.4 Å². The zero-order valence-electron chi connectivity index (χ0n) is 11.2. The van der Waals surface area contributed by atoms with Crippen molar-refractivity contribution in [2.75, 3.05) is 38.8 Å². The van der Waals surface area contributed by atoms with Crippen LogP contribution in [0.5, 0.6) is 0 Å². The fourth-order valence-electron chi connectivity index (χ4n) is 1.83. The number of benzene rings is 1. The van der Waals surface area contributed by atoms with E-state index in [9.17, 15) is 0 Å². The van der Waals surface area contributed by atoms with Crippen molar-refractivity contribution in [3.8, 4) is 0 Å². The van der Waals surface area contributed by atoms with Gasteiger partial charge in [-0.2, -0.15) is 0 Å². The molecule has 0 aliphatic carbocycles. The van der Waals surface area contributed by atoms with E-state index < -0.39 is 0 Å². The highest BCUT2D eigenvalue weighted by Gasteiger charge is 2.06. The van der Waals surface area contributed by atoms with E-state index in [0.717, 1.165) is 21.1 Å². The number of anilines is 1. The predicted molar refractivity (Wildman–Crippen MR) is 85.6 cm³/mol. The van der Waals surface area contributed by atoms with Crippen LogP contribution in [0.1, 0.15) is 0 Å². The summed E-state index contributed by atoms with van der Waals surface area (Å²) in [7, 11) is 1.66. The molecule has 6 heteroatoms. The molecule has 4 nitrogen and oxygen atoms in total. The number of ether oxygens (including phenoxy) is 2. The lowest BCUT2D eigenvalue weighted by Gasteiger charge is -2.11. The Morgan fingerprint density at radius 3 is 2.95 bits per heavy atom. The molecular weight excluding hydrogens is 344 g/mol. The zero-order valence-corrected chi connectivity index (χ0v) is 13.5. The molecule has 0 aliphatic heterocycles. The van der Waals surface area contributed by atoms with E-state index in [1.165, 1.54) is 0 Å². The molecular formula is C14H16BrClN2O2. The minimum absolute atomic E-state index is 0.604. The normalized spacial score (nSPS) is 10.9. The molecule has 1 aromatic carbocycles. The molecule has 0 atom stereocenters. The Morgan fingerprint density at radius 1 is 1.30 bits per heavy atom. The van der Waals surface area contributed by atoms with Gasteiger partial charge in [0.1, 0.15) is 0 Å². The van der Waals surface area contributed by atoms with E-state index in [1.807, 2.05) is 18.2 Å². The maximum absolute atomic E-state index is 6.19. The predicted octanol–water partition coefficient (Wildman–Crippen LogP) is 3.73. The molecule has 1 heterocycles. The van der Waals surface area contributed by atoms with E-state index >= 15 is 0 Å². The van der Waals surface area contributed by atoms with Gasteiger partial charge in [0.25, 0.3) is 0 Å². The summed E-state index contributed by atoms with van der Waals surface area (Å²) in [5, 5.41) is 4.96. The van der Waals surface area contributed by atoms with Crippen LogP contribution < -0.4 is 5.32 Å². The number of aromatic nitrogens is 1. The summed E-state index contributed by atoms with van der Waals surface area (Å²) >= 11 is 9.64. The Kier molecular flexibility index (Phi) is 6.04. The number of fused-ring (bicyclic) bond motifs is 1. The van der Waals surface area contributed by atoms with Crippen LogP contribution in [0.2, 0.25) is 5.02 Å². The number of hydrogen-bond donors (Lipinski definition) is 1. The van der Waals surface area contributed by atoms with Gasteiger partial charge in [0, 0.05) is 35.4 Å². The van der Waals surface area contributed by atoms with Gasteiger partial charge in [-0.1, -0.05) is 27.5 Å². The standard InChI is InChI=1S/C14H16BrClN2O2/c1-19-6-7-20-5-4-17-13-2-3-18-14-11(13)8-10(15)9-12(14)16/h2-3,8-9H,4-7H2,1H3,(H,17,18). The molecule has 0 spiro atoms. The molecule has 20 heavy (non-hydrogen) atoms. The van der Waals surface area contributed by atoms with Crippen molar-refractivity contribution in [2.45, 2.75) is 0 Å². The summed E-state index contributed by atoms with van der Waals surface area (Å²) in [6.07, 6.45) is 1.75. The number of nitrogens with zero attached hydrogens (tertiary/aromatic N) is 1. The van der Waals surface area contributed by atoms with Crippen molar-refractivity contribution < 1.29 is 9.47 Å². The largest absolute Gasteiger partial charge is 0.382 e. The number of hydrogen-bond acceptors (Lipinski definition) is 4. The Bertz CT molecular complexity index is 580. The van der Waals surface area contributed by atoms with Gasteiger partial charge in [0.05, 0.1) is 30.4 Å². The number of rotatable bonds is 7. The van der Waals surface area contributed by atoms with E-state index in [4.69, 9.17) is 21.1 Å². The topological polar surface area (TPSA) is 43.4 Å². The third-order valence-electron chi connectivity index (χ3n) is 2.76. The monoisotopic (exact) mass is 358 g/mol. The Hall–Kier alpha value is -0.880. The van der Waals surface area contributed by atoms with Gasteiger partial charge in [-0.15, -0.1) is 0 Å². The van der Waals surface area contributed by atoms with Gasteiger partial charge in [-0.25, -0.2) is 0 Å². The molecule has 0 fully saturated rings. The average molecular weight is 360 g/mol. The van der Waals surface area contributed by atoms with Crippen LogP contribution in [0.15, 0.2) is 28.9 Å². The maximum Gasteiger partial charge on any atom is 0.0909 e. The number of halogens is 2. The molecule has 1 N–H and O–H groups in total. The SMILES string of the molecule is COCCOCCNc1ccnc2c(Cl)cc(Br)cc12. The Morgan fingerprint density at radius 2 is 2.15 bits per heavy atom. The number of pyridine rings is 1. The lowest BCUT2D eigenvalue weighted by Crippen LogP contribution is -2.12. The van der Waals surface area contributed by atoms with Crippen LogP contribution in [0.25, 0.3) is 10.9 Å². The summed E-state index contributed by atoms with van der Waals surface area (Å²) in [5.74, 6) is 0. The summed E-state index contributed by atoms with van der Waals surface area (Å²) in [6.45, 7) is 2.55. The maximum atomic E-state index is 6.19. The van der Waals surface area contributed by atoms with Crippen molar-refractivity contribution >= 4 is 44.1 Å². The molecule has 0 bridgehead atoms. The number of methoxy groups -OCH3 is 1. The highest BCUT2D eigenvalue weighted by Crippen LogP contribution is 2.30. The first-order valence-corrected chi connectivity index (χ1v) is 7.44. The summed E-state index contributed by atoms with van der Waals surface area (Å²) in [6, 6.07) is 5.77. The van der Waals surface area contributed by atoms with Crippen molar-refractivity contribution in [1.82, 2.24) is 4.98 Å². The third-order valence-corrected chi connectivity index (χ3v) is 3.50. The van der Waals surface area contributed by atoms with Crippen molar-refractivity contribution in [3.63, 3.8) is 0 Å². The molecule has 2 aromatic rings. The third kappa shape index (κ3) is 4.06. The quantitative estimate of drug-likeness (QED) is 0.765. The minimum Gasteiger partial charge on any atom is -0.382 e. The van der Waals surface area contributed by atoms with Crippen LogP contribution in [-0.2, 0) is 9.47 Å². The summed E-state index contributed by atoms with van der Waals surface area (Å²) in [5.41, 5.74) is 1.79. The molecule has 0 saturated carbocycles. The highest BCUT2D eigenvalue weighted by atomic mass is 79.9. The lowest BCUT2D eigenvalue weighted by atomic mass is 10.2. The molecule has 1 aromatic heterocycles. The molecule has 0 radical (unpaired) electrons. The average Bonchev–Trinajstić information content (AvgIpc) is 2.43. The van der Waals surface area contributed by atoms with Crippen molar-refractivity contribution in [3.05, 3.63) is 33.9 Å². The lowest BCUT2D eigenvalue weighted by molar-refractivity contribution is 0.0759. The van der Waals surface area contributed by atoms with Crippen LogP contribution in [-0.4, -0.2) is 38.5 Å². The van der Waals surface area contributed by atoms with Crippen molar-refractivity contribution in [2.24, 2.45) is 0 Å². The van der Waals surface area contributed by atoms with E-state index in [-0.39, 0.29) is 0 Å². The van der Waals surface area contributed by atoms with Gasteiger partial charge in [0.2, 0.25) is 0 Å². The van der Waals surface area contributed by atoms with Gasteiger partial charge in [-0.05, 0) is 18.2 Å². The Labute approximate surface area is 131 Å². The van der Waals surface area contributed by atoms with Crippen LogP contribution in [0, 0.1) is 0 Å². The molecule has 108 valence electrons. The van der Waals surface area contributed by atoms with Gasteiger partial charge < -0.3 is 14.8 Å². The van der Waals surface area contributed by atoms with Crippen molar-refractivity contribution in [1.29, 1.82) is 0 Å². The smallest absolute Gasteiger partial charge is 0.0909 e. The van der Waals surface area contributed by atoms with Gasteiger partial charge >= 0.3 is 0 Å². The van der Waals surface area contributed by atoms with Crippen LogP contribution >= 0.6 is 27.5 Å². The second-order valence-corrected chi connectivity index (χ2v) is 5.50. The number of nitrogens with one attached hydrogen (secondary N) is 1. The zero-order chi connectivity index (χ0) is 14.4. The molecule has 0 aliphatic rings. The highest BCUT2D eigenvalue weighted by molar-refractivity contribution is 9.10. The summed E-state index contributed by atoms with van der Waals surface area (Å²) in [4.78, 5) is 4.31. The molecule has 0 amide bonds. The first-order valence-electron chi connectivity index (χ1n) is 6.26. The molecule has 2 rings (SSSR count). The van der Waals surface area contributed by atoms with Gasteiger partial charge in [-0.3, -0.25) is 4.98 Å². The fourth-order valence-corrected chi connectivity index (χ4v) is 2.69. The molecule has 0 unspecified atom stereocenters. The van der Waals surface area contributed by atoms with Gasteiger partial charge in [0.15, 0.2) is 0 Å².